The number of ketones is 1. The number of nitrogens with zero attached hydrogens (tertiary/aromatic N) is 2. The summed E-state index contributed by atoms with van der Waals surface area (Å²) in [5.41, 5.74) is 1.54. The monoisotopic (exact) mass is 281 g/mol. The number of hydrogen-bond acceptors (Lipinski definition) is 6. The van der Waals surface area contributed by atoms with Crippen LogP contribution in [0, 0.1) is 6.92 Å². The van der Waals surface area contributed by atoms with Crippen LogP contribution in [0.2, 0.25) is 0 Å². The Kier molecular flexibility index (Phi) is 4.16. The Hall–Kier alpha value is -1.60. The highest BCUT2D eigenvalue weighted by atomic mass is 32.1. The summed E-state index contributed by atoms with van der Waals surface area (Å²) in [5.74, 6) is -0.214. The Labute approximate surface area is 112 Å². The van der Waals surface area contributed by atoms with Gasteiger partial charge in [-0.3, -0.25) is 9.59 Å². The van der Waals surface area contributed by atoms with E-state index >= 15 is 0 Å². The van der Waals surface area contributed by atoms with Crippen molar-refractivity contribution in [3.63, 3.8) is 0 Å². The second-order valence-corrected chi connectivity index (χ2v) is 5.75. The summed E-state index contributed by atoms with van der Waals surface area (Å²) in [7, 11) is 0. The number of hydrogen-bond donors (Lipinski definition) is 1. The summed E-state index contributed by atoms with van der Waals surface area (Å²) in [4.78, 5) is 25.1. The second-order valence-electron chi connectivity index (χ2n) is 3.63. The van der Waals surface area contributed by atoms with Crippen molar-refractivity contribution in [3.8, 4) is 0 Å². The molecule has 0 unspecified atom stereocenters. The third-order valence-corrected chi connectivity index (χ3v) is 3.85. The van der Waals surface area contributed by atoms with E-state index in [1.807, 2.05) is 13.0 Å². The van der Waals surface area contributed by atoms with Crippen LogP contribution in [0.25, 0.3) is 0 Å². The number of thiophene rings is 1. The third kappa shape index (κ3) is 3.44. The fourth-order valence-electron chi connectivity index (χ4n) is 1.34. The van der Waals surface area contributed by atoms with E-state index in [0.29, 0.717) is 10.0 Å². The normalized spacial score (nSPS) is 10.3. The molecule has 0 atom stereocenters. The number of rotatable bonds is 5. The van der Waals surface area contributed by atoms with Crippen molar-refractivity contribution in [1.82, 2.24) is 10.2 Å². The van der Waals surface area contributed by atoms with Crippen molar-refractivity contribution < 1.29 is 9.59 Å². The van der Waals surface area contributed by atoms with Crippen LogP contribution in [0.3, 0.4) is 0 Å². The van der Waals surface area contributed by atoms with Crippen LogP contribution in [0.4, 0.5) is 5.13 Å². The Morgan fingerprint density at radius 1 is 1.33 bits per heavy atom. The molecule has 94 valence electrons. The Balaban J connectivity index is 1.81. The van der Waals surface area contributed by atoms with Gasteiger partial charge in [-0.2, -0.15) is 0 Å². The first-order valence-corrected chi connectivity index (χ1v) is 7.00. The van der Waals surface area contributed by atoms with Crippen LogP contribution in [0.1, 0.15) is 27.4 Å². The molecule has 0 aromatic carbocycles. The zero-order chi connectivity index (χ0) is 13.0. The fourth-order valence-corrected chi connectivity index (χ4v) is 2.64. The first kappa shape index (κ1) is 12.8. The Bertz CT molecular complexity index is 548. The smallest absolute Gasteiger partial charge is 0.226 e. The number of Topliss-reactive ketones (excluding diaryl/α,β-unsaturated/α-hetero) is 1. The number of anilines is 1. The average molecular weight is 281 g/mol. The second kappa shape index (κ2) is 5.83. The van der Waals surface area contributed by atoms with Crippen molar-refractivity contribution >= 4 is 39.5 Å². The highest BCUT2D eigenvalue weighted by Gasteiger charge is 2.11. The molecule has 0 saturated heterocycles. The van der Waals surface area contributed by atoms with Crippen LogP contribution >= 0.6 is 22.7 Å². The van der Waals surface area contributed by atoms with Gasteiger partial charge in [0.15, 0.2) is 5.78 Å². The molecule has 2 heterocycles. The van der Waals surface area contributed by atoms with Crippen LogP contribution in [0.15, 0.2) is 17.6 Å². The molecular weight excluding hydrogens is 270 g/mol. The average Bonchev–Trinajstić information content (AvgIpc) is 2.97. The van der Waals surface area contributed by atoms with Gasteiger partial charge in [0.25, 0.3) is 0 Å². The van der Waals surface area contributed by atoms with Gasteiger partial charge in [-0.05, 0) is 19.1 Å². The Morgan fingerprint density at radius 2 is 2.17 bits per heavy atom. The highest BCUT2D eigenvalue weighted by Crippen LogP contribution is 2.17. The Morgan fingerprint density at radius 3 is 2.78 bits per heavy atom. The summed E-state index contributed by atoms with van der Waals surface area (Å²) in [6, 6.07) is 3.70. The van der Waals surface area contributed by atoms with Crippen molar-refractivity contribution in [2.24, 2.45) is 0 Å². The van der Waals surface area contributed by atoms with Gasteiger partial charge in [-0.15, -0.1) is 21.5 Å². The lowest BCUT2D eigenvalue weighted by Crippen LogP contribution is -2.13. The SMILES string of the molecule is Cc1ccc(C(=O)CCC(=O)Nc2nncs2)s1. The minimum absolute atomic E-state index is 0.000476. The van der Waals surface area contributed by atoms with E-state index in [4.69, 9.17) is 0 Å². The summed E-state index contributed by atoms with van der Waals surface area (Å²) in [6.45, 7) is 1.95. The number of amides is 1. The number of carbonyl (C=O) groups excluding carboxylic acids is 2. The number of carbonyl (C=O) groups is 2. The van der Waals surface area contributed by atoms with E-state index in [-0.39, 0.29) is 24.5 Å². The number of aryl methyl sites for hydroxylation is 1. The van der Waals surface area contributed by atoms with Gasteiger partial charge >= 0.3 is 0 Å². The molecule has 0 radical (unpaired) electrons. The maximum absolute atomic E-state index is 11.8. The fraction of sp³-hybridized carbons (Fsp3) is 0.273. The van der Waals surface area contributed by atoms with Gasteiger partial charge in [0.05, 0.1) is 4.88 Å². The topological polar surface area (TPSA) is 72.0 Å². The van der Waals surface area contributed by atoms with E-state index in [1.54, 1.807) is 6.07 Å². The lowest BCUT2D eigenvalue weighted by Gasteiger charge is -1.99. The van der Waals surface area contributed by atoms with E-state index in [0.717, 1.165) is 4.88 Å². The van der Waals surface area contributed by atoms with Gasteiger partial charge in [0.2, 0.25) is 11.0 Å². The largest absolute Gasteiger partial charge is 0.301 e. The van der Waals surface area contributed by atoms with Crippen LogP contribution in [-0.4, -0.2) is 21.9 Å². The molecule has 0 spiro atoms. The summed E-state index contributed by atoms with van der Waals surface area (Å²) < 4.78 is 0. The molecular formula is C11H11N3O2S2. The van der Waals surface area contributed by atoms with Gasteiger partial charge in [0.1, 0.15) is 5.51 Å². The quantitative estimate of drug-likeness (QED) is 0.855. The zero-order valence-corrected chi connectivity index (χ0v) is 11.3. The molecule has 2 aromatic rings. The van der Waals surface area contributed by atoms with Gasteiger partial charge in [0, 0.05) is 17.7 Å². The van der Waals surface area contributed by atoms with Gasteiger partial charge in [-0.25, -0.2) is 0 Å². The predicted molar refractivity (Wildman–Crippen MR) is 71.2 cm³/mol. The number of aromatic nitrogens is 2. The lowest BCUT2D eigenvalue weighted by molar-refractivity contribution is -0.116. The number of nitrogens with one attached hydrogen (secondary N) is 1. The molecule has 0 bridgehead atoms. The predicted octanol–water partition coefficient (Wildman–Crippen LogP) is 2.51. The molecule has 0 aliphatic rings. The van der Waals surface area contributed by atoms with Crippen molar-refractivity contribution in [2.75, 3.05) is 5.32 Å². The molecule has 0 fully saturated rings. The zero-order valence-electron chi connectivity index (χ0n) is 9.67. The molecule has 0 aliphatic carbocycles. The molecule has 0 saturated carbocycles. The summed E-state index contributed by atoms with van der Waals surface area (Å²) in [5, 5.41) is 10.4. The minimum Gasteiger partial charge on any atom is -0.301 e. The van der Waals surface area contributed by atoms with E-state index in [2.05, 4.69) is 15.5 Å². The molecule has 1 N–H and O–H groups in total. The molecule has 5 nitrogen and oxygen atoms in total. The molecule has 0 aliphatic heterocycles. The van der Waals surface area contributed by atoms with Crippen LogP contribution in [0.5, 0.6) is 0 Å². The maximum atomic E-state index is 11.8. The first-order chi connectivity index (χ1) is 8.65. The third-order valence-electron chi connectivity index (χ3n) is 2.20. The minimum atomic E-state index is -0.214. The molecule has 1 amide bonds. The summed E-state index contributed by atoms with van der Waals surface area (Å²) >= 11 is 2.70. The standard InChI is InChI=1S/C11H11N3O2S2/c1-7-2-4-9(18-7)8(15)3-5-10(16)13-11-14-12-6-17-11/h2,4,6H,3,5H2,1H3,(H,13,14,16). The van der Waals surface area contributed by atoms with E-state index in [1.165, 1.54) is 28.2 Å². The highest BCUT2D eigenvalue weighted by molar-refractivity contribution is 7.14. The van der Waals surface area contributed by atoms with Gasteiger partial charge < -0.3 is 5.32 Å². The molecule has 2 rings (SSSR count). The van der Waals surface area contributed by atoms with Crippen molar-refractivity contribution in [2.45, 2.75) is 19.8 Å². The first-order valence-electron chi connectivity index (χ1n) is 5.31. The van der Waals surface area contributed by atoms with Crippen LogP contribution in [-0.2, 0) is 4.79 Å². The lowest BCUT2D eigenvalue weighted by atomic mass is 10.2. The van der Waals surface area contributed by atoms with E-state index in [9.17, 15) is 9.59 Å². The van der Waals surface area contributed by atoms with Crippen LogP contribution < -0.4 is 5.32 Å². The van der Waals surface area contributed by atoms with Gasteiger partial charge in [-0.1, -0.05) is 11.3 Å². The summed E-state index contributed by atoms with van der Waals surface area (Å²) in [6.07, 6.45) is 0.375. The van der Waals surface area contributed by atoms with Crippen molar-refractivity contribution in [1.29, 1.82) is 0 Å². The maximum Gasteiger partial charge on any atom is 0.226 e. The molecule has 7 heteroatoms. The van der Waals surface area contributed by atoms with E-state index < -0.39 is 0 Å². The van der Waals surface area contributed by atoms with Crippen molar-refractivity contribution in [3.05, 3.63) is 27.4 Å². The molecule has 18 heavy (non-hydrogen) atoms. The molecule has 2 aromatic heterocycles.